The number of nitrogens with zero attached hydrogens (tertiary/aromatic N) is 1. The van der Waals surface area contributed by atoms with Gasteiger partial charge in [0.25, 0.3) is 0 Å². The molecule has 0 aliphatic heterocycles. The molecule has 0 radical (unpaired) electrons. The Balaban J connectivity index is 2.69. The van der Waals surface area contributed by atoms with Crippen LogP contribution in [0.2, 0.25) is 0 Å². The first kappa shape index (κ1) is 16.7. The third-order valence-electron chi connectivity index (χ3n) is 3.00. The van der Waals surface area contributed by atoms with E-state index >= 15 is 0 Å². The molecule has 1 amide bonds. The number of benzene rings is 1. The topological polar surface area (TPSA) is 81.8 Å². The third kappa shape index (κ3) is 5.71. The van der Waals surface area contributed by atoms with Crippen molar-refractivity contribution in [3.8, 4) is 0 Å². The zero-order valence-corrected chi connectivity index (χ0v) is 12.9. The van der Waals surface area contributed by atoms with Crippen molar-refractivity contribution < 1.29 is 13.7 Å². The van der Waals surface area contributed by atoms with E-state index in [2.05, 4.69) is 4.36 Å². The Morgan fingerprint density at radius 2 is 1.95 bits per heavy atom. The molecule has 3 atom stereocenters. The average molecular weight is 298 g/mol. The minimum absolute atomic E-state index is 0.149. The van der Waals surface area contributed by atoms with Crippen LogP contribution in [-0.2, 0) is 14.7 Å². The first-order valence-corrected chi connectivity index (χ1v) is 8.37. The third-order valence-corrected chi connectivity index (χ3v) is 4.50. The van der Waals surface area contributed by atoms with Gasteiger partial charge in [0, 0.05) is 5.75 Å². The van der Waals surface area contributed by atoms with E-state index in [4.69, 9.17) is 9.88 Å². The summed E-state index contributed by atoms with van der Waals surface area (Å²) < 4.78 is 20.6. The van der Waals surface area contributed by atoms with Crippen LogP contribution in [0.1, 0.15) is 38.9 Å². The lowest BCUT2D eigenvalue weighted by atomic mass is 10.1. The van der Waals surface area contributed by atoms with Gasteiger partial charge in [0.2, 0.25) is 0 Å². The van der Waals surface area contributed by atoms with Crippen molar-refractivity contribution in [2.45, 2.75) is 33.3 Å². The number of amides is 1. The fraction of sp³-hybridized carbons (Fsp3) is 0.500. The molecule has 0 heterocycles. The highest BCUT2D eigenvalue weighted by Gasteiger charge is 2.15. The molecule has 0 spiro atoms. The zero-order chi connectivity index (χ0) is 15.2. The zero-order valence-electron chi connectivity index (χ0n) is 12.1. The number of nitrogens with two attached hydrogens (primary N) is 1. The summed E-state index contributed by atoms with van der Waals surface area (Å²) in [5, 5.41) is 5.57. The van der Waals surface area contributed by atoms with Gasteiger partial charge in [0.05, 0.1) is 0 Å². The predicted molar refractivity (Wildman–Crippen MR) is 80.4 cm³/mol. The second-order valence-electron chi connectivity index (χ2n) is 4.90. The molecule has 0 aliphatic rings. The monoisotopic (exact) mass is 298 g/mol. The molecule has 1 rings (SSSR count). The van der Waals surface area contributed by atoms with Crippen LogP contribution in [0, 0.1) is 5.92 Å². The van der Waals surface area contributed by atoms with Crippen LogP contribution in [0.4, 0.5) is 4.79 Å². The molecule has 1 aromatic rings. The van der Waals surface area contributed by atoms with Crippen LogP contribution >= 0.6 is 0 Å². The van der Waals surface area contributed by atoms with E-state index < -0.39 is 22.1 Å². The van der Waals surface area contributed by atoms with Gasteiger partial charge in [-0.2, -0.15) is 0 Å². The van der Waals surface area contributed by atoms with Crippen LogP contribution in [0.15, 0.2) is 34.7 Å². The Hall–Kier alpha value is -1.40. The lowest BCUT2D eigenvalue weighted by Gasteiger charge is -2.13. The lowest BCUT2D eigenvalue weighted by Crippen LogP contribution is -2.23. The Bertz CT molecular complexity index is 551. The van der Waals surface area contributed by atoms with Crippen molar-refractivity contribution in [2.24, 2.45) is 15.4 Å². The minimum Gasteiger partial charge on any atom is -0.440 e. The quantitative estimate of drug-likeness (QED) is 0.905. The van der Waals surface area contributed by atoms with Crippen LogP contribution < -0.4 is 5.14 Å². The summed E-state index contributed by atoms with van der Waals surface area (Å²) in [4.78, 5) is 11.7. The molecule has 0 unspecified atom stereocenters. The van der Waals surface area contributed by atoms with Crippen LogP contribution in [-0.4, -0.2) is 16.1 Å². The van der Waals surface area contributed by atoms with E-state index in [0.717, 1.165) is 12.0 Å². The summed E-state index contributed by atoms with van der Waals surface area (Å²) >= 11 is 0. The standard InChI is InChI=1S/C14H22N2O3S/c1-4-11(2)10-20(15,18)16-14(17)19-12(3)13-8-6-5-7-9-13/h5-9,11-12H,4,10H2,1-3H3,(H2,15,16,17,18)/t11-,12-,20-/m0/s1. The first-order chi connectivity index (χ1) is 9.34. The van der Waals surface area contributed by atoms with Gasteiger partial charge in [-0.3, -0.25) is 0 Å². The van der Waals surface area contributed by atoms with Gasteiger partial charge in [0.1, 0.15) is 16.0 Å². The van der Waals surface area contributed by atoms with Crippen molar-refractivity contribution in [3.05, 3.63) is 35.9 Å². The molecule has 112 valence electrons. The number of rotatable bonds is 5. The van der Waals surface area contributed by atoms with Gasteiger partial charge in [-0.05, 0) is 18.4 Å². The van der Waals surface area contributed by atoms with Crippen LogP contribution in [0.3, 0.4) is 0 Å². The van der Waals surface area contributed by atoms with Crippen molar-refractivity contribution in [1.82, 2.24) is 0 Å². The van der Waals surface area contributed by atoms with E-state index in [1.165, 1.54) is 0 Å². The average Bonchev–Trinajstić information content (AvgIpc) is 2.38. The second kappa shape index (κ2) is 7.40. The number of ether oxygens (including phenoxy) is 1. The second-order valence-corrected chi connectivity index (χ2v) is 6.79. The number of hydrogen-bond donors (Lipinski definition) is 1. The van der Waals surface area contributed by atoms with Gasteiger partial charge >= 0.3 is 6.09 Å². The summed E-state index contributed by atoms with van der Waals surface area (Å²) in [7, 11) is -3.02. The normalized spacial score (nSPS) is 16.8. The van der Waals surface area contributed by atoms with E-state index in [1.54, 1.807) is 6.92 Å². The highest BCUT2D eigenvalue weighted by Crippen LogP contribution is 2.17. The van der Waals surface area contributed by atoms with Crippen molar-refractivity contribution in [3.63, 3.8) is 0 Å². The van der Waals surface area contributed by atoms with Gasteiger partial charge in [0.15, 0.2) is 0 Å². The molecule has 0 fully saturated rings. The lowest BCUT2D eigenvalue weighted by molar-refractivity contribution is 0.117. The number of carbonyl (C=O) groups excluding carboxylic acids is 1. The molecule has 0 saturated heterocycles. The molecule has 20 heavy (non-hydrogen) atoms. The van der Waals surface area contributed by atoms with Crippen molar-refractivity contribution >= 4 is 16.0 Å². The minimum atomic E-state index is -3.02. The van der Waals surface area contributed by atoms with E-state index in [0.29, 0.717) is 0 Å². The largest absolute Gasteiger partial charge is 0.443 e. The summed E-state index contributed by atoms with van der Waals surface area (Å²) in [6.45, 7) is 5.62. The van der Waals surface area contributed by atoms with Crippen molar-refractivity contribution in [2.75, 3.05) is 5.75 Å². The molecule has 2 N–H and O–H groups in total. The van der Waals surface area contributed by atoms with Crippen molar-refractivity contribution in [1.29, 1.82) is 0 Å². The predicted octanol–water partition coefficient (Wildman–Crippen LogP) is 3.27. The maximum absolute atomic E-state index is 12.0. The molecule has 0 aliphatic carbocycles. The summed E-state index contributed by atoms with van der Waals surface area (Å²) in [6, 6.07) is 9.27. The molecular weight excluding hydrogens is 276 g/mol. The Kier molecular flexibility index (Phi) is 6.16. The number of carbonyl (C=O) groups is 1. The molecule has 5 nitrogen and oxygen atoms in total. The Morgan fingerprint density at radius 3 is 2.50 bits per heavy atom. The SMILES string of the molecule is CC[C@H](C)C[S@@](N)(=O)=NC(=O)O[C@@H](C)c1ccccc1. The summed E-state index contributed by atoms with van der Waals surface area (Å²) in [5.74, 6) is 0.341. The van der Waals surface area contributed by atoms with Gasteiger partial charge in [-0.15, -0.1) is 4.36 Å². The fourth-order valence-electron chi connectivity index (χ4n) is 1.65. The summed E-state index contributed by atoms with van der Waals surface area (Å²) in [5.41, 5.74) is 0.849. The van der Waals surface area contributed by atoms with Gasteiger partial charge < -0.3 is 4.74 Å². The molecule has 1 aromatic carbocycles. The maximum Gasteiger partial charge on any atom is 0.443 e. The molecular formula is C14H22N2O3S. The molecule has 6 heteroatoms. The molecule has 0 aromatic heterocycles. The van der Waals surface area contributed by atoms with Gasteiger partial charge in [-0.1, -0.05) is 50.6 Å². The Morgan fingerprint density at radius 1 is 1.35 bits per heavy atom. The van der Waals surface area contributed by atoms with Crippen LogP contribution in [0.5, 0.6) is 0 Å². The van der Waals surface area contributed by atoms with E-state index in [-0.39, 0.29) is 11.7 Å². The highest BCUT2D eigenvalue weighted by atomic mass is 32.2. The molecule has 0 saturated carbocycles. The van der Waals surface area contributed by atoms with Gasteiger partial charge in [-0.25, -0.2) is 14.1 Å². The molecule has 0 bridgehead atoms. The van der Waals surface area contributed by atoms with E-state index in [1.807, 2.05) is 44.2 Å². The summed E-state index contributed by atoms with van der Waals surface area (Å²) in [6.07, 6.45) is -0.498. The van der Waals surface area contributed by atoms with E-state index in [9.17, 15) is 9.00 Å². The fourth-order valence-corrected chi connectivity index (χ4v) is 3.07. The highest BCUT2D eigenvalue weighted by molar-refractivity contribution is 7.91. The smallest absolute Gasteiger partial charge is 0.440 e. The van der Waals surface area contributed by atoms with Crippen LogP contribution in [0.25, 0.3) is 0 Å². The number of hydrogen-bond acceptors (Lipinski definition) is 3. The first-order valence-electron chi connectivity index (χ1n) is 6.62. The Labute approximate surface area is 120 Å². The maximum atomic E-state index is 12.0.